The maximum atomic E-state index is 12.4. The van der Waals surface area contributed by atoms with Crippen molar-refractivity contribution in [2.24, 2.45) is 0 Å². The minimum absolute atomic E-state index is 0.0182. The summed E-state index contributed by atoms with van der Waals surface area (Å²) in [5.41, 5.74) is 0.610. The Balaban J connectivity index is 1.70. The van der Waals surface area contributed by atoms with Crippen LogP contribution in [0.5, 0.6) is 0 Å². The quantitative estimate of drug-likeness (QED) is 0.287. The topological polar surface area (TPSA) is 140 Å². The third-order valence-corrected chi connectivity index (χ3v) is 6.02. The van der Waals surface area contributed by atoms with Gasteiger partial charge in [0.05, 0.1) is 0 Å². The summed E-state index contributed by atoms with van der Waals surface area (Å²) in [5.74, 6) is -0.774. The van der Waals surface area contributed by atoms with Crippen LogP contribution >= 0.6 is 23.5 Å². The van der Waals surface area contributed by atoms with Crippen molar-refractivity contribution in [1.82, 2.24) is 30.7 Å². The molecule has 1 saturated heterocycles. The van der Waals surface area contributed by atoms with Crippen molar-refractivity contribution in [3.63, 3.8) is 0 Å². The zero-order valence-corrected chi connectivity index (χ0v) is 15.1. The lowest BCUT2D eigenvalue weighted by atomic mass is 10.0. The fourth-order valence-corrected chi connectivity index (χ4v) is 4.83. The number of amides is 3. The molecule has 0 bridgehead atoms. The van der Waals surface area contributed by atoms with Crippen molar-refractivity contribution in [3.05, 3.63) is 30.3 Å². The lowest BCUT2D eigenvalue weighted by Crippen LogP contribution is -2.71. The van der Waals surface area contributed by atoms with Crippen LogP contribution in [0.2, 0.25) is 0 Å². The van der Waals surface area contributed by atoms with Gasteiger partial charge in [-0.25, -0.2) is 14.6 Å². The second kappa shape index (κ2) is 7.83. The first kappa shape index (κ1) is 18.3. The normalized spacial score (nSPS) is 21.7. The van der Waals surface area contributed by atoms with Crippen molar-refractivity contribution in [1.29, 1.82) is 0 Å². The van der Waals surface area contributed by atoms with Gasteiger partial charge in [0, 0.05) is 18.1 Å². The van der Waals surface area contributed by atoms with E-state index in [1.807, 2.05) is 0 Å². The number of aliphatic carboxylic acids is 1. The van der Waals surface area contributed by atoms with Crippen molar-refractivity contribution in [2.75, 3.05) is 18.1 Å². The number of hydrogen-bond donors (Lipinski definition) is 4. The largest absolute Gasteiger partial charge is 0.477 e. The molecule has 10 nitrogen and oxygen atoms in total. The second-order valence-electron chi connectivity index (χ2n) is 5.37. The number of carboxylic acid groups (broad SMARTS) is 1. The van der Waals surface area contributed by atoms with Crippen LogP contribution in [0.4, 0.5) is 4.79 Å². The van der Waals surface area contributed by atoms with Gasteiger partial charge in [0.25, 0.3) is 5.91 Å². The molecule has 1 fully saturated rings. The van der Waals surface area contributed by atoms with Gasteiger partial charge in [0.1, 0.15) is 23.4 Å². The van der Waals surface area contributed by atoms with Crippen LogP contribution in [-0.2, 0) is 9.59 Å². The molecule has 3 heterocycles. The molecule has 2 aliphatic heterocycles. The molecule has 1 aromatic rings. The molecule has 12 heteroatoms. The number of nitrogens with one attached hydrogen (secondary N) is 3. The SMILES string of the molecule is C=CCNC(=O)NC1C(=O)N2C(C(=O)O)=C(CSc3ncn[nH]3)CS[C@H]12. The van der Waals surface area contributed by atoms with Crippen LogP contribution in [-0.4, -0.2) is 72.6 Å². The fraction of sp³-hybridized carbons (Fsp3) is 0.357. The summed E-state index contributed by atoms with van der Waals surface area (Å²) < 4.78 is 0. The van der Waals surface area contributed by atoms with Gasteiger partial charge in [-0.1, -0.05) is 17.8 Å². The highest BCUT2D eigenvalue weighted by Crippen LogP contribution is 2.41. The molecule has 1 unspecified atom stereocenters. The molecular weight excluding hydrogens is 380 g/mol. The van der Waals surface area contributed by atoms with Gasteiger partial charge in [-0.2, -0.15) is 5.10 Å². The van der Waals surface area contributed by atoms with E-state index in [-0.39, 0.29) is 12.2 Å². The number of carboxylic acids is 1. The smallest absolute Gasteiger partial charge is 0.352 e. The van der Waals surface area contributed by atoms with Crippen LogP contribution < -0.4 is 10.6 Å². The molecule has 138 valence electrons. The Morgan fingerprint density at radius 2 is 2.38 bits per heavy atom. The predicted octanol–water partition coefficient (Wildman–Crippen LogP) is 0.00440. The molecule has 0 radical (unpaired) electrons. The summed E-state index contributed by atoms with van der Waals surface area (Å²) in [4.78, 5) is 41.1. The lowest BCUT2D eigenvalue weighted by molar-refractivity contribution is -0.148. The van der Waals surface area contributed by atoms with Gasteiger partial charge < -0.3 is 15.7 Å². The van der Waals surface area contributed by atoms with E-state index in [9.17, 15) is 19.5 Å². The number of aromatic amines is 1. The van der Waals surface area contributed by atoms with E-state index in [2.05, 4.69) is 32.4 Å². The minimum Gasteiger partial charge on any atom is -0.477 e. The highest BCUT2D eigenvalue weighted by Gasteiger charge is 2.54. The van der Waals surface area contributed by atoms with E-state index in [0.29, 0.717) is 22.2 Å². The fourth-order valence-electron chi connectivity index (χ4n) is 2.57. The number of thioether (sulfide) groups is 2. The molecule has 2 atom stereocenters. The zero-order chi connectivity index (χ0) is 18.7. The van der Waals surface area contributed by atoms with E-state index >= 15 is 0 Å². The maximum Gasteiger partial charge on any atom is 0.352 e. The van der Waals surface area contributed by atoms with E-state index in [4.69, 9.17) is 0 Å². The molecule has 2 aliphatic rings. The van der Waals surface area contributed by atoms with Gasteiger partial charge in [0.2, 0.25) is 0 Å². The van der Waals surface area contributed by atoms with Crippen LogP contribution in [0.15, 0.2) is 35.4 Å². The van der Waals surface area contributed by atoms with Crippen molar-refractivity contribution < 1.29 is 19.5 Å². The summed E-state index contributed by atoms with van der Waals surface area (Å²) in [5, 5.41) is 21.3. The molecule has 26 heavy (non-hydrogen) atoms. The average molecular weight is 396 g/mol. The second-order valence-corrected chi connectivity index (χ2v) is 7.44. The summed E-state index contributed by atoms with van der Waals surface area (Å²) in [6.07, 6.45) is 2.89. The number of H-pyrrole nitrogens is 1. The third-order valence-electron chi connectivity index (χ3n) is 3.72. The summed E-state index contributed by atoms with van der Waals surface area (Å²) in [6, 6.07) is -1.24. The van der Waals surface area contributed by atoms with Gasteiger partial charge in [-0.15, -0.1) is 18.3 Å². The highest BCUT2D eigenvalue weighted by atomic mass is 32.2. The third kappa shape index (κ3) is 3.55. The first-order valence-corrected chi connectivity index (χ1v) is 9.59. The Morgan fingerprint density at radius 3 is 3.04 bits per heavy atom. The number of fused-ring (bicyclic) bond motifs is 1. The molecule has 3 amide bonds. The average Bonchev–Trinajstić information content (AvgIpc) is 3.15. The standard InChI is InChI=1S/C14H16N6O4S2/c1-2-3-15-13(24)18-8-10(21)20-9(12(22)23)7(4-25-11(8)20)5-26-14-16-6-17-19-14/h2,6,8,11H,1,3-5H2,(H,22,23)(H2,15,18,24)(H,16,17,19)/t8?,11-/m1/s1. The summed E-state index contributed by atoms with van der Waals surface area (Å²) in [6.45, 7) is 3.77. The Labute approximate surface area is 156 Å². The van der Waals surface area contributed by atoms with Crippen LogP contribution in [0, 0.1) is 0 Å². The Morgan fingerprint density at radius 1 is 1.58 bits per heavy atom. The number of β-lactam (4-membered cyclic amide) rings is 1. The van der Waals surface area contributed by atoms with Gasteiger partial charge >= 0.3 is 12.0 Å². The predicted molar refractivity (Wildman–Crippen MR) is 95.4 cm³/mol. The van der Waals surface area contributed by atoms with Crippen LogP contribution in [0.3, 0.4) is 0 Å². The molecule has 1 aromatic heterocycles. The van der Waals surface area contributed by atoms with E-state index < -0.39 is 29.3 Å². The maximum absolute atomic E-state index is 12.4. The Hall–Kier alpha value is -2.47. The summed E-state index contributed by atoms with van der Waals surface area (Å²) >= 11 is 2.73. The first-order chi connectivity index (χ1) is 12.5. The molecule has 0 aromatic carbocycles. The number of carbonyl (C=O) groups is 3. The van der Waals surface area contributed by atoms with Crippen molar-refractivity contribution >= 4 is 41.4 Å². The van der Waals surface area contributed by atoms with Gasteiger partial charge in [-0.3, -0.25) is 14.8 Å². The number of hydrogen-bond acceptors (Lipinski definition) is 7. The molecule has 3 rings (SSSR count). The summed E-state index contributed by atoms with van der Waals surface area (Å²) in [7, 11) is 0. The minimum atomic E-state index is -1.16. The zero-order valence-electron chi connectivity index (χ0n) is 13.5. The number of rotatable bonds is 7. The Bertz CT molecular complexity index is 765. The number of urea groups is 1. The van der Waals surface area contributed by atoms with Crippen molar-refractivity contribution in [3.8, 4) is 0 Å². The molecule has 0 spiro atoms. The van der Waals surface area contributed by atoms with Crippen LogP contribution in [0.1, 0.15) is 0 Å². The number of carbonyl (C=O) groups excluding carboxylic acids is 2. The van der Waals surface area contributed by atoms with E-state index in [1.165, 1.54) is 40.8 Å². The highest BCUT2D eigenvalue weighted by molar-refractivity contribution is 8.01. The first-order valence-electron chi connectivity index (χ1n) is 7.56. The van der Waals surface area contributed by atoms with Crippen molar-refractivity contribution in [2.45, 2.75) is 16.6 Å². The Kier molecular flexibility index (Phi) is 5.52. The van der Waals surface area contributed by atoms with E-state index in [0.717, 1.165) is 0 Å². The number of aromatic nitrogens is 3. The van der Waals surface area contributed by atoms with Crippen LogP contribution in [0.25, 0.3) is 0 Å². The number of nitrogens with zero attached hydrogens (tertiary/aromatic N) is 3. The molecular formula is C14H16N6O4S2. The molecule has 4 N–H and O–H groups in total. The van der Waals surface area contributed by atoms with Gasteiger partial charge in [0.15, 0.2) is 5.16 Å². The monoisotopic (exact) mass is 396 g/mol. The molecule has 0 saturated carbocycles. The van der Waals surface area contributed by atoms with E-state index in [1.54, 1.807) is 0 Å². The lowest BCUT2D eigenvalue weighted by Gasteiger charge is -2.49. The molecule has 0 aliphatic carbocycles. The van der Waals surface area contributed by atoms with Gasteiger partial charge in [-0.05, 0) is 5.57 Å².